The van der Waals surface area contributed by atoms with Crippen molar-refractivity contribution in [1.82, 2.24) is 5.32 Å². The minimum absolute atomic E-state index is 0.106. The SMILES string of the molecule is Clc1ccc(Cl)c(CC(c2ccccc2)C23CC2NCCO3)c1. The third kappa shape index (κ3) is 2.89. The van der Waals surface area contributed by atoms with Crippen LogP contribution in [0.2, 0.25) is 10.0 Å². The van der Waals surface area contributed by atoms with E-state index in [0.717, 1.165) is 41.6 Å². The van der Waals surface area contributed by atoms with Crippen molar-refractivity contribution in [3.8, 4) is 0 Å². The number of hydrogen-bond acceptors (Lipinski definition) is 2. The molecule has 0 bridgehead atoms. The van der Waals surface area contributed by atoms with Gasteiger partial charge in [-0.15, -0.1) is 0 Å². The summed E-state index contributed by atoms with van der Waals surface area (Å²) in [4.78, 5) is 0. The molecule has 0 amide bonds. The number of ether oxygens (including phenoxy) is 1. The molecule has 2 aromatic carbocycles. The zero-order chi connectivity index (χ0) is 15.9. The fourth-order valence-electron chi connectivity index (χ4n) is 3.80. The Morgan fingerprint density at radius 3 is 2.78 bits per heavy atom. The lowest BCUT2D eigenvalue weighted by molar-refractivity contribution is -0.0119. The van der Waals surface area contributed by atoms with E-state index < -0.39 is 0 Å². The van der Waals surface area contributed by atoms with Crippen LogP contribution in [0, 0.1) is 0 Å². The van der Waals surface area contributed by atoms with Gasteiger partial charge in [0, 0.05) is 28.5 Å². The summed E-state index contributed by atoms with van der Waals surface area (Å²) in [6, 6.07) is 16.7. The van der Waals surface area contributed by atoms with Crippen LogP contribution >= 0.6 is 23.2 Å². The van der Waals surface area contributed by atoms with Gasteiger partial charge in [0.05, 0.1) is 12.2 Å². The van der Waals surface area contributed by atoms with E-state index in [2.05, 4.69) is 35.6 Å². The highest BCUT2D eigenvalue weighted by molar-refractivity contribution is 6.33. The second-order valence-electron chi connectivity index (χ2n) is 6.42. The zero-order valence-corrected chi connectivity index (χ0v) is 14.3. The minimum atomic E-state index is -0.106. The van der Waals surface area contributed by atoms with E-state index in [1.165, 1.54) is 5.56 Å². The summed E-state index contributed by atoms with van der Waals surface area (Å²) in [5.41, 5.74) is 2.28. The molecule has 1 heterocycles. The molecule has 0 radical (unpaired) electrons. The Balaban J connectivity index is 1.70. The minimum Gasteiger partial charge on any atom is -0.371 e. The molecule has 2 aliphatic rings. The highest BCUT2D eigenvalue weighted by Crippen LogP contribution is 2.53. The molecule has 1 N–H and O–H groups in total. The maximum Gasteiger partial charge on any atom is 0.0923 e. The first-order valence-corrected chi connectivity index (χ1v) is 8.81. The molecule has 1 saturated carbocycles. The molecular formula is C19H19Cl2NO. The molecule has 4 rings (SSSR count). The third-order valence-corrected chi connectivity index (χ3v) is 5.64. The van der Waals surface area contributed by atoms with Crippen molar-refractivity contribution in [2.24, 2.45) is 0 Å². The molecule has 2 nitrogen and oxygen atoms in total. The normalized spacial score (nSPS) is 27.3. The summed E-state index contributed by atoms with van der Waals surface area (Å²) >= 11 is 12.6. The average molecular weight is 348 g/mol. The Hall–Kier alpha value is -1.06. The zero-order valence-electron chi connectivity index (χ0n) is 12.8. The van der Waals surface area contributed by atoms with Gasteiger partial charge in [-0.2, -0.15) is 0 Å². The Morgan fingerprint density at radius 1 is 1.17 bits per heavy atom. The van der Waals surface area contributed by atoms with Crippen LogP contribution in [0.3, 0.4) is 0 Å². The van der Waals surface area contributed by atoms with Gasteiger partial charge in [-0.25, -0.2) is 0 Å². The van der Waals surface area contributed by atoms with Crippen LogP contribution < -0.4 is 5.32 Å². The van der Waals surface area contributed by atoms with Gasteiger partial charge in [0.25, 0.3) is 0 Å². The lowest BCUT2D eigenvalue weighted by Crippen LogP contribution is -2.42. The van der Waals surface area contributed by atoms with E-state index >= 15 is 0 Å². The quantitative estimate of drug-likeness (QED) is 0.881. The van der Waals surface area contributed by atoms with Crippen molar-refractivity contribution in [3.05, 3.63) is 69.7 Å². The van der Waals surface area contributed by atoms with Crippen molar-refractivity contribution in [3.63, 3.8) is 0 Å². The highest BCUT2D eigenvalue weighted by Gasteiger charge is 2.61. The van der Waals surface area contributed by atoms with Crippen LogP contribution in [0.1, 0.15) is 23.5 Å². The fourth-order valence-corrected chi connectivity index (χ4v) is 4.19. The molecule has 2 aromatic rings. The first-order chi connectivity index (χ1) is 11.2. The molecular weight excluding hydrogens is 329 g/mol. The maximum absolute atomic E-state index is 6.41. The molecule has 1 saturated heterocycles. The van der Waals surface area contributed by atoms with Crippen LogP contribution in [0.15, 0.2) is 48.5 Å². The van der Waals surface area contributed by atoms with Gasteiger partial charge >= 0.3 is 0 Å². The molecule has 3 atom stereocenters. The average Bonchev–Trinajstić information content (AvgIpc) is 3.32. The Kier molecular flexibility index (Phi) is 4.10. The summed E-state index contributed by atoms with van der Waals surface area (Å²) in [7, 11) is 0. The van der Waals surface area contributed by atoms with Crippen molar-refractivity contribution in [2.45, 2.75) is 30.4 Å². The number of halogens is 2. The molecule has 4 heteroatoms. The monoisotopic (exact) mass is 347 g/mol. The highest BCUT2D eigenvalue weighted by atomic mass is 35.5. The van der Waals surface area contributed by atoms with E-state index in [-0.39, 0.29) is 11.5 Å². The Morgan fingerprint density at radius 2 is 2.00 bits per heavy atom. The van der Waals surface area contributed by atoms with Crippen LogP contribution in [-0.4, -0.2) is 24.8 Å². The lowest BCUT2D eigenvalue weighted by Gasteiger charge is -2.32. The van der Waals surface area contributed by atoms with Crippen LogP contribution in [0.25, 0.3) is 0 Å². The molecule has 3 unspecified atom stereocenters. The molecule has 1 aliphatic carbocycles. The number of hydrogen-bond donors (Lipinski definition) is 1. The van der Waals surface area contributed by atoms with E-state index in [0.29, 0.717) is 6.04 Å². The van der Waals surface area contributed by atoms with Gasteiger partial charge in [-0.3, -0.25) is 0 Å². The summed E-state index contributed by atoms with van der Waals surface area (Å²) in [5.74, 6) is 0.275. The number of nitrogens with one attached hydrogen (secondary N) is 1. The van der Waals surface area contributed by atoms with Gasteiger partial charge in [-0.1, -0.05) is 53.5 Å². The van der Waals surface area contributed by atoms with E-state index in [4.69, 9.17) is 27.9 Å². The topological polar surface area (TPSA) is 21.3 Å². The second-order valence-corrected chi connectivity index (χ2v) is 7.26. The predicted octanol–water partition coefficient (Wildman–Crippen LogP) is 4.45. The first-order valence-electron chi connectivity index (χ1n) is 8.05. The summed E-state index contributed by atoms with van der Waals surface area (Å²) < 4.78 is 6.26. The second kappa shape index (κ2) is 6.10. The summed E-state index contributed by atoms with van der Waals surface area (Å²) in [6.07, 6.45) is 1.90. The summed E-state index contributed by atoms with van der Waals surface area (Å²) in [6.45, 7) is 1.70. The largest absolute Gasteiger partial charge is 0.371 e. The van der Waals surface area contributed by atoms with Crippen molar-refractivity contribution in [1.29, 1.82) is 0 Å². The first kappa shape index (κ1) is 15.5. The fraction of sp³-hybridized carbons (Fsp3) is 0.368. The van der Waals surface area contributed by atoms with Crippen molar-refractivity contribution in [2.75, 3.05) is 13.2 Å². The van der Waals surface area contributed by atoms with Crippen molar-refractivity contribution < 1.29 is 4.74 Å². The number of fused-ring (bicyclic) bond motifs is 1. The Bertz CT molecular complexity index is 706. The van der Waals surface area contributed by atoms with Crippen LogP contribution in [0.4, 0.5) is 0 Å². The van der Waals surface area contributed by atoms with Gasteiger partial charge in [0.2, 0.25) is 0 Å². The number of benzene rings is 2. The summed E-state index contributed by atoms with van der Waals surface area (Å²) in [5, 5.41) is 5.07. The third-order valence-electron chi connectivity index (χ3n) is 5.04. The van der Waals surface area contributed by atoms with Gasteiger partial charge in [0.15, 0.2) is 0 Å². The standard InChI is InChI=1S/C19H19Cl2NO/c20-15-6-7-17(21)14(10-15)11-16(13-4-2-1-3-5-13)19-12-18(19)22-8-9-23-19/h1-7,10,16,18,22H,8-9,11-12H2. The van der Waals surface area contributed by atoms with Gasteiger partial charge in [-0.05, 0) is 42.2 Å². The number of morpholine rings is 1. The molecule has 23 heavy (non-hydrogen) atoms. The molecule has 120 valence electrons. The molecule has 0 aromatic heterocycles. The van der Waals surface area contributed by atoms with Gasteiger partial charge in [0.1, 0.15) is 0 Å². The van der Waals surface area contributed by atoms with Crippen molar-refractivity contribution >= 4 is 23.2 Å². The Labute approximate surface area is 146 Å². The van der Waals surface area contributed by atoms with E-state index in [1.807, 2.05) is 18.2 Å². The van der Waals surface area contributed by atoms with E-state index in [9.17, 15) is 0 Å². The molecule has 2 fully saturated rings. The van der Waals surface area contributed by atoms with Crippen LogP contribution in [-0.2, 0) is 11.2 Å². The molecule has 0 spiro atoms. The smallest absolute Gasteiger partial charge is 0.0923 e. The lowest BCUT2D eigenvalue weighted by atomic mass is 9.84. The molecule has 1 aliphatic heterocycles. The van der Waals surface area contributed by atoms with Crippen LogP contribution in [0.5, 0.6) is 0 Å². The van der Waals surface area contributed by atoms with Gasteiger partial charge < -0.3 is 10.1 Å². The maximum atomic E-state index is 6.41. The van der Waals surface area contributed by atoms with E-state index in [1.54, 1.807) is 0 Å². The number of rotatable bonds is 4. The predicted molar refractivity (Wildman–Crippen MR) is 94.4 cm³/mol.